The molecule has 0 bridgehead atoms. The van der Waals surface area contributed by atoms with E-state index in [-0.39, 0.29) is 34.4 Å². The first kappa shape index (κ1) is 21.4. The van der Waals surface area contributed by atoms with E-state index in [0.29, 0.717) is 0 Å². The second-order valence-electron chi connectivity index (χ2n) is 7.33. The number of carbonyl (C=O) groups is 2. The number of para-hydroxylation sites is 1. The van der Waals surface area contributed by atoms with Crippen LogP contribution in [0.4, 0.5) is 5.69 Å². The molecule has 31 heavy (non-hydrogen) atoms. The first-order valence-corrected chi connectivity index (χ1v) is 11.5. The zero-order valence-corrected chi connectivity index (χ0v) is 18.0. The van der Waals surface area contributed by atoms with Gasteiger partial charge in [-0.2, -0.15) is 16.9 Å². The maximum atomic E-state index is 13.4. The monoisotopic (exact) mass is 456 g/mol. The van der Waals surface area contributed by atoms with E-state index in [2.05, 4.69) is 17.9 Å². The number of carboxylic acids is 1. The molecule has 1 saturated heterocycles. The number of carboxylic acid groups (broad SMARTS) is 1. The Morgan fingerprint density at radius 3 is 2.42 bits per heavy atom. The predicted molar refractivity (Wildman–Crippen MR) is 121 cm³/mol. The van der Waals surface area contributed by atoms with Crippen LogP contribution in [0.5, 0.6) is 0 Å². The normalized spacial score (nSPS) is 19.4. The minimum absolute atomic E-state index is 0.0693. The van der Waals surface area contributed by atoms with E-state index in [0.717, 1.165) is 15.1 Å². The Morgan fingerprint density at radius 2 is 1.68 bits per heavy atom. The van der Waals surface area contributed by atoms with Crippen LogP contribution < -0.4 is 5.32 Å². The van der Waals surface area contributed by atoms with Crippen molar-refractivity contribution in [2.45, 2.75) is 22.6 Å². The highest BCUT2D eigenvalue weighted by Gasteiger charge is 2.43. The fourth-order valence-electron chi connectivity index (χ4n) is 3.75. The van der Waals surface area contributed by atoms with Crippen molar-refractivity contribution in [3.8, 4) is 0 Å². The third-order valence-electron chi connectivity index (χ3n) is 5.28. The lowest BCUT2D eigenvalue weighted by molar-refractivity contribution is -0.119. The molecular formula is C22H20N2O5S2. The number of sulfonamides is 1. The minimum atomic E-state index is -3.97. The number of benzene rings is 3. The van der Waals surface area contributed by atoms with E-state index < -0.39 is 27.9 Å². The van der Waals surface area contributed by atoms with Gasteiger partial charge in [0, 0.05) is 11.8 Å². The molecule has 7 nitrogen and oxygen atoms in total. The first-order valence-electron chi connectivity index (χ1n) is 9.59. The average molecular weight is 457 g/mol. The molecule has 2 atom stereocenters. The van der Waals surface area contributed by atoms with E-state index >= 15 is 0 Å². The number of carbonyl (C=O) groups excluding carboxylic acids is 1. The second kappa shape index (κ2) is 8.33. The topological polar surface area (TPSA) is 104 Å². The van der Waals surface area contributed by atoms with Crippen molar-refractivity contribution >= 4 is 51.0 Å². The zero-order chi connectivity index (χ0) is 22.2. The number of aromatic carboxylic acids is 1. The number of rotatable bonds is 5. The van der Waals surface area contributed by atoms with Crippen LogP contribution in [0.15, 0.2) is 71.6 Å². The van der Waals surface area contributed by atoms with Crippen LogP contribution in [0.2, 0.25) is 0 Å². The minimum Gasteiger partial charge on any atom is -0.478 e. The molecule has 1 aliphatic heterocycles. The standard InChI is InChI=1S/C22H20N2O5S2/c25-21(23-19-8-4-3-7-18(19)22(26)27)20-12-16(30)13-24(20)31(28,29)17-10-9-14-5-1-2-6-15(14)11-17/h1-11,16,20,30H,12-13H2,(H,23,25)(H,26,27)/t16-,20-/m0/s1. The quantitative estimate of drug-likeness (QED) is 0.512. The number of hydrogen-bond acceptors (Lipinski definition) is 5. The molecule has 0 aliphatic carbocycles. The fraction of sp³-hybridized carbons (Fsp3) is 0.182. The lowest BCUT2D eigenvalue weighted by atomic mass is 10.1. The highest BCUT2D eigenvalue weighted by Crippen LogP contribution is 2.31. The molecule has 1 amide bonds. The third kappa shape index (κ3) is 4.16. The molecule has 9 heteroatoms. The summed E-state index contributed by atoms with van der Waals surface area (Å²) >= 11 is 4.41. The number of fused-ring (bicyclic) bond motifs is 1. The predicted octanol–water partition coefficient (Wildman–Crippen LogP) is 3.24. The van der Waals surface area contributed by atoms with Crippen LogP contribution in [0.25, 0.3) is 10.8 Å². The zero-order valence-electron chi connectivity index (χ0n) is 16.3. The van der Waals surface area contributed by atoms with Gasteiger partial charge in [0.25, 0.3) is 0 Å². The number of thiol groups is 1. The molecule has 2 N–H and O–H groups in total. The third-order valence-corrected chi connectivity index (χ3v) is 7.52. The summed E-state index contributed by atoms with van der Waals surface area (Å²) in [6.45, 7) is 0.0803. The Morgan fingerprint density at radius 1 is 1.00 bits per heavy atom. The smallest absolute Gasteiger partial charge is 0.337 e. The molecule has 0 aromatic heterocycles. The Balaban J connectivity index is 1.65. The Kier molecular flexibility index (Phi) is 5.74. The van der Waals surface area contributed by atoms with Gasteiger partial charge >= 0.3 is 5.97 Å². The van der Waals surface area contributed by atoms with Gasteiger partial charge in [-0.25, -0.2) is 13.2 Å². The van der Waals surface area contributed by atoms with E-state index in [4.69, 9.17) is 0 Å². The number of nitrogens with one attached hydrogen (secondary N) is 1. The molecular weight excluding hydrogens is 436 g/mol. The van der Waals surface area contributed by atoms with Crippen molar-refractivity contribution in [1.29, 1.82) is 0 Å². The molecule has 4 rings (SSSR count). The number of nitrogens with zero attached hydrogens (tertiary/aromatic N) is 1. The molecule has 1 fully saturated rings. The summed E-state index contributed by atoms with van der Waals surface area (Å²) in [5, 5.41) is 13.3. The van der Waals surface area contributed by atoms with Gasteiger partial charge in [-0.05, 0) is 41.5 Å². The second-order valence-corrected chi connectivity index (χ2v) is 9.95. The number of hydrogen-bond donors (Lipinski definition) is 3. The highest BCUT2D eigenvalue weighted by atomic mass is 32.2. The van der Waals surface area contributed by atoms with E-state index in [1.54, 1.807) is 24.3 Å². The van der Waals surface area contributed by atoms with Crippen molar-refractivity contribution < 1.29 is 23.1 Å². The van der Waals surface area contributed by atoms with Gasteiger partial charge in [-0.15, -0.1) is 0 Å². The van der Waals surface area contributed by atoms with Gasteiger partial charge in [-0.1, -0.05) is 42.5 Å². The van der Waals surface area contributed by atoms with Crippen LogP contribution >= 0.6 is 12.6 Å². The van der Waals surface area contributed by atoms with Crippen LogP contribution in [0.1, 0.15) is 16.8 Å². The van der Waals surface area contributed by atoms with Gasteiger partial charge in [0.1, 0.15) is 6.04 Å². The molecule has 160 valence electrons. The maximum Gasteiger partial charge on any atom is 0.337 e. The number of anilines is 1. The summed E-state index contributed by atoms with van der Waals surface area (Å²) < 4.78 is 27.9. The molecule has 0 radical (unpaired) electrons. The Hall–Kier alpha value is -2.88. The lowest BCUT2D eigenvalue weighted by Crippen LogP contribution is -2.43. The van der Waals surface area contributed by atoms with Crippen molar-refractivity contribution in [3.63, 3.8) is 0 Å². The van der Waals surface area contributed by atoms with Crippen LogP contribution in [0, 0.1) is 0 Å². The summed E-state index contributed by atoms with van der Waals surface area (Å²) in [4.78, 5) is 24.5. The van der Waals surface area contributed by atoms with E-state index in [1.165, 1.54) is 18.2 Å². The van der Waals surface area contributed by atoms with Gasteiger partial charge in [0.15, 0.2) is 0 Å². The van der Waals surface area contributed by atoms with Crippen molar-refractivity contribution in [3.05, 3.63) is 72.3 Å². The number of amides is 1. The van der Waals surface area contributed by atoms with Crippen molar-refractivity contribution in [2.75, 3.05) is 11.9 Å². The van der Waals surface area contributed by atoms with E-state index in [9.17, 15) is 23.1 Å². The summed E-state index contributed by atoms with van der Waals surface area (Å²) in [7, 11) is -3.97. The van der Waals surface area contributed by atoms with Gasteiger partial charge in [-0.3, -0.25) is 4.79 Å². The molecule has 0 spiro atoms. The summed E-state index contributed by atoms with van der Waals surface area (Å²) in [5.41, 5.74) is 0.0471. The van der Waals surface area contributed by atoms with Gasteiger partial charge in [0.2, 0.25) is 15.9 Å². The Labute approximate surface area is 185 Å². The lowest BCUT2D eigenvalue weighted by Gasteiger charge is -2.23. The van der Waals surface area contributed by atoms with Gasteiger partial charge < -0.3 is 10.4 Å². The molecule has 1 aliphatic rings. The van der Waals surface area contributed by atoms with Crippen LogP contribution in [-0.4, -0.2) is 47.5 Å². The van der Waals surface area contributed by atoms with Gasteiger partial charge in [0.05, 0.1) is 16.1 Å². The molecule has 1 heterocycles. The first-order chi connectivity index (χ1) is 14.8. The summed E-state index contributed by atoms with van der Waals surface area (Å²) in [6, 6.07) is 17.3. The fourth-order valence-corrected chi connectivity index (χ4v) is 5.91. The molecule has 0 saturated carbocycles. The van der Waals surface area contributed by atoms with Crippen molar-refractivity contribution in [2.24, 2.45) is 0 Å². The maximum absolute atomic E-state index is 13.4. The summed E-state index contributed by atoms with van der Waals surface area (Å²) in [6.07, 6.45) is 0.219. The van der Waals surface area contributed by atoms with E-state index in [1.807, 2.05) is 24.3 Å². The SMILES string of the molecule is O=C(O)c1ccccc1NC(=O)[C@@H]1C[C@H](S)CN1S(=O)(=O)c1ccc2ccccc2c1. The highest BCUT2D eigenvalue weighted by molar-refractivity contribution is 7.89. The van der Waals surface area contributed by atoms with Crippen LogP contribution in [-0.2, 0) is 14.8 Å². The molecule has 0 unspecified atom stereocenters. The largest absolute Gasteiger partial charge is 0.478 e. The molecule has 3 aromatic rings. The average Bonchev–Trinajstić information content (AvgIpc) is 3.16. The Bertz CT molecular complexity index is 1280. The molecule has 3 aromatic carbocycles. The summed E-state index contributed by atoms with van der Waals surface area (Å²) in [5.74, 6) is -1.77. The van der Waals surface area contributed by atoms with Crippen molar-refractivity contribution in [1.82, 2.24) is 4.31 Å². The van der Waals surface area contributed by atoms with Crippen LogP contribution in [0.3, 0.4) is 0 Å².